The zero-order valence-electron chi connectivity index (χ0n) is 12.5. The van der Waals surface area contributed by atoms with Gasteiger partial charge in [0.1, 0.15) is 5.75 Å². The molecule has 1 aliphatic heterocycles. The highest BCUT2D eigenvalue weighted by Crippen LogP contribution is 2.17. The SMILES string of the molecule is COc1cccc(NC(=O)NC2CCN(CCN)CC2)c1. The molecular formula is C15H24N4O2. The van der Waals surface area contributed by atoms with E-state index in [1.807, 2.05) is 18.2 Å². The van der Waals surface area contributed by atoms with E-state index in [-0.39, 0.29) is 12.1 Å². The van der Waals surface area contributed by atoms with Crippen LogP contribution in [0.25, 0.3) is 0 Å². The van der Waals surface area contributed by atoms with Gasteiger partial charge < -0.3 is 26.0 Å². The molecular weight excluding hydrogens is 268 g/mol. The molecule has 0 atom stereocenters. The summed E-state index contributed by atoms with van der Waals surface area (Å²) in [6.45, 7) is 3.60. The molecule has 0 saturated carbocycles. The van der Waals surface area contributed by atoms with Gasteiger partial charge in [0.05, 0.1) is 7.11 Å². The number of anilines is 1. The predicted molar refractivity (Wildman–Crippen MR) is 83.7 cm³/mol. The third-order valence-electron chi connectivity index (χ3n) is 3.70. The Morgan fingerprint density at radius 1 is 1.43 bits per heavy atom. The molecule has 4 N–H and O–H groups in total. The van der Waals surface area contributed by atoms with Gasteiger partial charge >= 0.3 is 6.03 Å². The van der Waals surface area contributed by atoms with E-state index in [9.17, 15) is 4.79 Å². The van der Waals surface area contributed by atoms with Crippen LogP contribution >= 0.6 is 0 Å². The molecule has 6 nitrogen and oxygen atoms in total. The van der Waals surface area contributed by atoms with Gasteiger partial charge in [0.2, 0.25) is 0 Å². The maximum Gasteiger partial charge on any atom is 0.319 e. The van der Waals surface area contributed by atoms with Crippen LogP contribution in [0, 0.1) is 0 Å². The first-order valence-corrected chi connectivity index (χ1v) is 7.35. The average molecular weight is 292 g/mol. The minimum Gasteiger partial charge on any atom is -0.497 e. The second-order valence-corrected chi connectivity index (χ2v) is 5.24. The molecule has 1 heterocycles. The van der Waals surface area contributed by atoms with Gasteiger partial charge in [-0.3, -0.25) is 0 Å². The van der Waals surface area contributed by atoms with Crippen molar-refractivity contribution in [2.75, 3.05) is 38.6 Å². The van der Waals surface area contributed by atoms with Crippen molar-refractivity contribution < 1.29 is 9.53 Å². The Labute approximate surface area is 125 Å². The normalized spacial score (nSPS) is 16.5. The minimum absolute atomic E-state index is 0.166. The summed E-state index contributed by atoms with van der Waals surface area (Å²) in [7, 11) is 1.61. The summed E-state index contributed by atoms with van der Waals surface area (Å²) in [6, 6.07) is 7.39. The maximum absolute atomic E-state index is 12.0. The number of benzene rings is 1. The second kappa shape index (κ2) is 7.85. The molecule has 116 valence electrons. The highest BCUT2D eigenvalue weighted by molar-refractivity contribution is 5.89. The first kappa shape index (κ1) is 15.6. The Balaban J connectivity index is 1.77. The standard InChI is InChI=1S/C15H24N4O2/c1-21-14-4-2-3-13(11-14)18-15(20)17-12-5-8-19(9-6-12)10-7-16/h2-4,11-12H,5-10,16H2,1H3,(H2,17,18,20). The Hall–Kier alpha value is -1.79. The maximum atomic E-state index is 12.0. The van der Waals surface area contributed by atoms with Crippen molar-refractivity contribution >= 4 is 11.7 Å². The molecule has 2 rings (SSSR count). The number of hydrogen-bond donors (Lipinski definition) is 3. The average Bonchev–Trinajstić information content (AvgIpc) is 2.49. The minimum atomic E-state index is -0.166. The van der Waals surface area contributed by atoms with Crippen LogP contribution in [-0.4, -0.2) is 50.3 Å². The van der Waals surface area contributed by atoms with E-state index in [0.29, 0.717) is 6.54 Å². The molecule has 1 aromatic rings. The molecule has 2 amide bonds. The lowest BCUT2D eigenvalue weighted by atomic mass is 10.1. The molecule has 0 aliphatic carbocycles. The van der Waals surface area contributed by atoms with Gasteiger partial charge in [-0.25, -0.2) is 4.79 Å². The van der Waals surface area contributed by atoms with Gasteiger partial charge in [0, 0.05) is 44.0 Å². The number of carbonyl (C=O) groups is 1. The molecule has 0 aromatic heterocycles. The first-order valence-electron chi connectivity index (χ1n) is 7.35. The number of likely N-dealkylation sites (tertiary alicyclic amines) is 1. The molecule has 0 unspecified atom stereocenters. The van der Waals surface area contributed by atoms with Crippen LogP contribution in [0.5, 0.6) is 5.75 Å². The van der Waals surface area contributed by atoms with Crippen molar-refractivity contribution in [3.8, 4) is 5.75 Å². The molecule has 6 heteroatoms. The number of ether oxygens (including phenoxy) is 1. The lowest BCUT2D eigenvalue weighted by Crippen LogP contribution is -2.46. The third kappa shape index (κ3) is 4.91. The molecule has 1 aromatic carbocycles. The Kier molecular flexibility index (Phi) is 5.83. The highest BCUT2D eigenvalue weighted by atomic mass is 16.5. The van der Waals surface area contributed by atoms with Gasteiger partial charge in [-0.15, -0.1) is 0 Å². The van der Waals surface area contributed by atoms with Crippen molar-refractivity contribution in [1.82, 2.24) is 10.2 Å². The summed E-state index contributed by atoms with van der Waals surface area (Å²) in [5.41, 5.74) is 6.28. The fourth-order valence-corrected chi connectivity index (χ4v) is 2.54. The molecule has 0 spiro atoms. The summed E-state index contributed by atoms with van der Waals surface area (Å²) in [5, 5.41) is 5.86. The summed E-state index contributed by atoms with van der Waals surface area (Å²) < 4.78 is 5.13. The van der Waals surface area contributed by atoms with Crippen LogP contribution in [0.3, 0.4) is 0 Å². The summed E-state index contributed by atoms with van der Waals surface area (Å²) in [4.78, 5) is 14.3. The van der Waals surface area contributed by atoms with E-state index in [4.69, 9.17) is 10.5 Å². The molecule has 1 fully saturated rings. The van der Waals surface area contributed by atoms with Crippen molar-refractivity contribution in [1.29, 1.82) is 0 Å². The number of urea groups is 1. The van der Waals surface area contributed by atoms with Crippen LogP contribution in [0.2, 0.25) is 0 Å². The van der Waals surface area contributed by atoms with Gasteiger partial charge in [0.25, 0.3) is 0 Å². The number of hydrogen-bond acceptors (Lipinski definition) is 4. The number of methoxy groups -OCH3 is 1. The van der Waals surface area contributed by atoms with Gasteiger partial charge in [-0.1, -0.05) is 6.07 Å². The Bertz CT molecular complexity index is 459. The largest absolute Gasteiger partial charge is 0.497 e. The summed E-state index contributed by atoms with van der Waals surface area (Å²) in [5.74, 6) is 0.725. The zero-order chi connectivity index (χ0) is 15.1. The quantitative estimate of drug-likeness (QED) is 0.763. The van der Waals surface area contributed by atoms with Crippen LogP contribution in [0.4, 0.5) is 10.5 Å². The number of piperidine rings is 1. The Morgan fingerprint density at radius 3 is 2.86 bits per heavy atom. The van der Waals surface area contributed by atoms with E-state index in [2.05, 4.69) is 15.5 Å². The number of carbonyl (C=O) groups excluding carboxylic acids is 1. The fraction of sp³-hybridized carbons (Fsp3) is 0.533. The lowest BCUT2D eigenvalue weighted by molar-refractivity contribution is 0.200. The van der Waals surface area contributed by atoms with E-state index >= 15 is 0 Å². The van der Waals surface area contributed by atoms with Gasteiger partial charge in [-0.2, -0.15) is 0 Å². The number of rotatable bonds is 5. The number of nitrogens with two attached hydrogens (primary N) is 1. The van der Waals surface area contributed by atoms with Crippen molar-refractivity contribution in [2.24, 2.45) is 5.73 Å². The molecule has 1 saturated heterocycles. The molecule has 1 aliphatic rings. The van der Waals surface area contributed by atoms with E-state index in [0.717, 1.165) is 43.9 Å². The summed E-state index contributed by atoms with van der Waals surface area (Å²) >= 11 is 0. The predicted octanol–water partition coefficient (Wildman–Crippen LogP) is 1.24. The highest BCUT2D eigenvalue weighted by Gasteiger charge is 2.20. The third-order valence-corrected chi connectivity index (χ3v) is 3.70. The Morgan fingerprint density at radius 2 is 2.19 bits per heavy atom. The van der Waals surface area contributed by atoms with Crippen LogP contribution in [-0.2, 0) is 0 Å². The molecule has 0 radical (unpaired) electrons. The monoisotopic (exact) mass is 292 g/mol. The molecule has 0 bridgehead atoms. The van der Waals surface area contributed by atoms with E-state index in [1.54, 1.807) is 13.2 Å². The lowest BCUT2D eigenvalue weighted by Gasteiger charge is -2.31. The fourth-order valence-electron chi connectivity index (χ4n) is 2.54. The topological polar surface area (TPSA) is 79.6 Å². The van der Waals surface area contributed by atoms with Crippen LogP contribution < -0.4 is 21.1 Å². The van der Waals surface area contributed by atoms with E-state index in [1.165, 1.54) is 0 Å². The van der Waals surface area contributed by atoms with Crippen molar-refractivity contribution in [3.05, 3.63) is 24.3 Å². The van der Waals surface area contributed by atoms with Crippen LogP contribution in [0.1, 0.15) is 12.8 Å². The van der Waals surface area contributed by atoms with Crippen molar-refractivity contribution in [3.63, 3.8) is 0 Å². The van der Waals surface area contributed by atoms with Crippen molar-refractivity contribution in [2.45, 2.75) is 18.9 Å². The van der Waals surface area contributed by atoms with Gasteiger partial charge in [0.15, 0.2) is 0 Å². The number of nitrogens with one attached hydrogen (secondary N) is 2. The summed E-state index contributed by atoms with van der Waals surface area (Å²) in [6.07, 6.45) is 1.93. The zero-order valence-corrected chi connectivity index (χ0v) is 12.5. The first-order chi connectivity index (χ1) is 10.2. The number of nitrogens with zero attached hydrogens (tertiary/aromatic N) is 1. The number of amides is 2. The smallest absolute Gasteiger partial charge is 0.319 e. The van der Waals surface area contributed by atoms with Gasteiger partial charge in [-0.05, 0) is 25.0 Å². The molecule has 21 heavy (non-hydrogen) atoms. The van der Waals surface area contributed by atoms with Crippen LogP contribution in [0.15, 0.2) is 24.3 Å². The van der Waals surface area contributed by atoms with E-state index < -0.39 is 0 Å². The second-order valence-electron chi connectivity index (χ2n) is 5.24.